The van der Waals surface area contributed by atoms with E-state index in [1.54, 1.807) is 24.3 Å². The van der Waals surface area contributed by atoms with Crippen molar-refractivity contribution in [1.29, 1.82) is 0 Å². The molecule has 4 heterocycles. The molecule has 0 bridgehead atoms. The summed E-state index contributed by atoms with van der Waals surface area (Å²) in [5.41, 5.74) is 18.3. The highest BCUT2D eigenvalue weighted by molar-refractivity contribution is 7.00. The quantitative estimate of drug-likeness (QED) is 0.0997. The van der Waals surface area contributed by atoms with Gasteiger partial charge in [0.25, 0.3) is 6.71 Å². The third-order valence-electron chi connectivity index (χ3n) is 18.5. The van der Waals surface area contributed by atoms with Gasteiger partial charge >= 0.3 is 12.4 Å². The van der Waals surface area contributed by atoms with Crippen molar-refractivity contribution in [2.45, 2.75) is 18.3 Å². The lowest BCUT2D eigenvalue weighted by atomic mass is 9.33. The van der Waals surface area contributed by atoms with Crippen LogP contribution in [0.1, 0.15) is 33.7 Å². The Hall–Kier alpha value is -11.7. The van der Waals surface area contributed by atoms with E-state index in [1.165, 1.54) is 0 Å². The maximum atomic E-state index is 14.9. The zero-order valence-corrected chi connectivity index (χ0v) is 50.1. The molecule has 13 aromatic rings. The van der Waals surface area contributed by atoms with Crippen LogP contribution in [0.15, 0.2) is 315 Å². The molecule has 0 spiro atoms. The monoisotopic (exact) mass is 1230 g/mol. The van der Waals surface area contributed by atoms with Gasteiger partial charge in [-0.1, -0.05) is 152 Å². The van der Waals surface area contributed by atoms with Crippen LogP contribution in [0.25, 0.3) is 0 Å². The summed E-state index contributed by atoms with van der Waals surface area (Å²) in [6.07, 6.45) is -9.27. The lowest BCUT2D eigenvalue weighted by Gasteiger charge is -2.48. The predicted molar refractivity (Wildman–Crippen MR) is 370 cm³/mol. The first-order valence-corrected chi connectivity index (χ1v) is 31.1. The molecule has 13 heteroatoms. The van der Waals surface area contributed by atoms with E-state index in [0.29, 0.717) is 22.7 Å². The van der Waals surface area contributed by atoms with Gasteiger partial charge in [0.2, 0.25) is 0 Å². The first kappa shape index (κ1) is 56.3. The Kier molecular flexibility index (Phi) is 13.2. The molecule has 94 heavy (non-hydrogen) atoms. The molecule has 0 aromatic heterocycles. The molecule has 6 nitrogen and oxygen atoms in total. The van der Waals surface area contributed by atoms with E-state index in [9.17, 15) is 26.3 Å². The summed E-state index contributed by atoms with van der Waals surface area (Å²) < 4.78 is 89.5. The molecule has 0 saturated heterocycles. The molecule has 452 valence electrons. The molecule has 0 aliphatic carbocycles. The van der Waals surface area contributed by atoms with Crippen molar-refractivity contribution in [3.8, 4) is 0 Å². The number of fused-ring (bicyclic) bond motifs is 8. The molecular formula is C81H53BF6N6. The van der Waals surface area contributed by atoms with Gasteiger partial charge in [-0.3, -0.25) is 0 Å². The van der Waals surface area contributed by atoms with Crippen molar-refractivity contribution in [1.82, 2.24) is 0 Å². The molecule has 17 rings (SSSR count). The van der Waals surface area contributed by atoms with E-state index in [-0.39, 0.29) is 0 Å². The van der Waals surface area contributed by atoms with Crippen LogP contribution in [-0.4, -0.2) is 6.71 Å². The van der Waals surface area contributed by atoms with Crippen LogP contribution in [0.5, 0.6) is 0 Å². The predicted octanol–water partition coefficient (Wildman–Crippen LogP) is 21.5. The van der Waals surface area contributed by atoms with Crippen molar-refractivity contribution in [3.05, 3.63) is 343 Å². The number of rotatable bonds is 10. The van der Waals surface area contributed by atoms with Crippen LogP contribution < -0.4 is 45.8 Å². The second kappa shape index (κ2) is 22.0. The zero-order chi connectivity index (χ0) is 63.4. The van der Waals surface area contributed by atoms with Gasteiger partial charge in [-0.15, -0.1) is 0 Å². The van der Waals surface area contributed by atoms with Gasteiger partial charge in [-0.2, -0.15) is 26.3 Å². The van der Waals surface area contributed by atoms with E-state index < -0.39 is 36.1 Å². The van der Waals surface area contributed by atoms with E-state index >= 15 is 0 Å². The molecule has 1 atom stereocenters. The minimum Gasteiger partial charge on any atom is -0.311 e. The third-order valence-corrected chi connectivity index (χ3v) is 18.5. The topological polar surface area (TPSA) is 19.4 Å². The second-order valence-electron chi connectivity index (χ2n) is 23.9. The van der Waals surface area contributed by atoms with E-state index in [4.69, 9.17) is 0 Å². The van der Waals surface area contributed by atoms with Gasteiger partial charge in [-0.05, 0) is 191 Å². The smallest absolute Gasteiger partial charge is 0.311 e. The number of anilines is 18. The van der Waals surface area contributed by atoms with Gasteiger partial charge in [0.1, 0.15) is 0 Å². The second-order valence-corrected chi connectivity index (χ2v) is 23.9. The Balaban J connectivity index is 1.01. The van der Waals surface area contributed by atoms with Crippen LogP contribution in [0.3, 0.4) is 0 Å². The average Bonchev–Trinajstić information content (AvgIpc) is 0.692. The maximum Gasteiger partial charge on any atom is 0.416 e. The Morgan fingerprint density at radius 3 is 1.06 bits per heavy atom. The largest absolute Gasteiger partial charge is 0.416 e. The lowest BCUT2D eigenvalue weighted by molar-refractivity contribution is -0.138. The summed E-state index contributed by atoms with van der Waals surface area (Å²) in [4.78, 5) is 13.2. The minimum atomic E-state index is -4.64. The lowest BCUT2D eigenvalue weighted by Crippen LogP contribution is -2.61. The van der Waals surface area contributed by atoms with Gasteiger partial charge in [0, 0.05) is 79.7 Å². The average molecular weight is 1240 g/mol. The normalized spacial score (nSPS) is 14.1. The SMILES string of the molecule is FC(F)(F)c1ccc(N2c3cc4c(cc3B3c5ccccc5N(c5ccccc5)c5cc(N(c6ccccc6)c6ccccc6)cc2c53)C2c3ccccc3N(c3ccccc3)c3cc(N(c5ccccc5)c5ccccc5)cc(c32)N4c2ccc(C(F)(F)F)cc2)cc1. The van der Waals surface area contributed by atoms with Crippen LogP contribution >= 0.6 is 0 Å². The summed E-state index contributed by atoms with van der Waals surface area (Å²) in [6, 6.07) is 102. The number of halogens is 6. The molecule has 0 saturated carbocycles. The highest BCUT2D eigenvalue weighted by Gasteiger charge is 2.48. The Morgan fingerprint density at radius 1 is 0.266 bits per heavy atom. The molecule has 0 fully saturated rings. The molecule has 0 amide bonds. The number of nitrogens with zero attached hydrogens (tertiary/aromatic N) is 6. The molecule has 4 aliphatic heterocycles. The Bertz CT molecular complexity index is 4630. The van der Waals surface area contributed by atoms with Gasteiger partial charge in [0.15, 0.2) is 0 Å². The van der Waals surface area contributed by atoms with E-state index in [0.717, 1.165) is 137 Å². The molecule has 1 unspecified atom stereocenters. The standard InChI is InChI=1S/C81H53BF6N6/c83-80(84,85)53-39-43-61(44-40-53)93-71-52-72-68(51-66(71)77-65-35-19-21-37-69(65)91(59-31-15-5-16-32-59)73-47-63(48-74(93)78(73)77)89(55-23-7-1-8-24-55)56-25-9-2-10-26-56)82-67-36-20-22-38-70(67)92(60-33-17-6-18-34-60)75-49-64(90(57-27-11-3-12-28-57)58-29-13-4-14-30-58)50-76(79(75)82)94(72)62-45-41-54(42-46-62)81(86,87)88/h1-52,77H. The summed E-state index contributed by atoms with van der Waals surface area (Å²) in [7, 11) is 0. The van der Waals surface area contributed by atoms with Crippen molar-refractivity contribution in [3.63, 3.8) is 0 Å². The molecule has 13 aromatic carbocycles. The highest BCUT2D eigenvalue weighted by atomic mass is 19.4. The molecular weight excluding hydrogens is 1180 g/mol. The molecule has 0 N–H and O–H groups in total. The molecule has 0 radical (unpaired) electrons. The fourth-order valence-electron chi connectivity index (χ4n) is 14.7. The third kappa shape index (κ3) is 9.20. The number of para-hydroxylation sites is 8. The number of hydrogen-bond donors (Lipinski definition) is 0. The number of alkyl halides is 6. The summed E-state index contributed by atoms with van der Waals surface area (Å²) in [5, 5.41) is 0. The van der Waals surface area contributed by atoms with Gasteiger partial charge in [-0.25, -0.2) is 0 Å². The number of benzene rings is 13. The van der Waals surface area contributed by atoms with Crippen molar-refractivity contribution in [2.24, 2.45) is 0 Å². The van der Waals surface area contributed by atoms with Crippen LogP contribution in [-0.2, 0) is 12.4 Å². The summed E-state index contributed by atoms with van der Waals surface area (Å²) in [5.74, 6) is -0.476. The number of hydrogen-bond acceptors (Lipinski definition) is 6. The van der Waals surface area contributed by atoms with Gasteiger partial charge < -0.3 is 29.4 Å². The van der Waals surface area contributed by atoms with Crippen LogP contribution in [0.4, 0.5) is 129 Å². The van der Waals surface area contributed by atoms with Crippen molar-refractivity contribution >= 4 is 125 Å². The first-order chi connectivity index (χ1) is 45.9. The fourth-order valence-corrected chi connectivity index (χ4v) is 14.7. The van der Waals surface area contributed by atoms with Crippen LogP contribution in [0, 0.1) is 0 Å². The molecule has 4 aliphatic rings. The zero-order valence-electron chi connectivity index (χ0n) is 50.1. The summed E-state index contributed by atoms with van der Waals surface area (Å²) in [6.45, 7) is -0.476. The fraction of sp³-hybridized carbons (Fsp3) is 0.0370. The summed E-state index contributed by atoms with van der Waals surface area (Å²) >= 11 is 0. The Morgan fingerprint density at radius 2 is 0.617 bits per heavy atom. The maximum absolute atomic E-state index is 14.9. The van der Waals surface area contributed by atoms with E-state index in [1.807, 2.05) is 109 Å². The van der Waals surface area contributed by atoms with Crippen LogP contribution in [0.2, 0.25) is 0 Å². The van der Waals surface area contributed by atoms with Gasteiger partial charge in [0.05, 0.1) is 45.3 Å². The van der Waals surface area contributed by atoms with Crippen molar-refractivity contribution < 1.29 is 26.3 Å². The Labute approximate surface area is 540 Å². The van der Waals surface area contributed by atoms with E-state index in [2.05, 4.69) is 187 Å². The first-order valence-electron chi connectivity index (χ1n) is 31.1. The highest BCUT2D eigenvalue weighted by Crippen LogP contribution is 2.63. The minimum absolute atomic E-state index is 0.466. The van der Waals surface area contributed by atoms with Crippen molar-refractivity contribution in [2.75, 3.05) is 29.4 Å².